The van der Waals surface area contributed by atoms with Crippen LogP contribution in [0.5, 0.6) is 5.75 Å². The Morgan fingerprint density at radius 2 is 0.947 bits per heavy atom. The van der Waals surface area contributed by atoms with Gasteiger partial charge in [-0.25, -0.2) is 0 Å². The Kier molecular flexibility index (Phi) is 10.1. The predicted molar refractivity (Wildman–Crippen MR) is 159 cm³/mol. The van der Waals surface area contributed by atoms with E-state index in [9.17, 15) is 5.11 Å². The van der Waals surface area contributed by atoms with Crippen LogP contribution in [0.15, 0.2) is 12.1 Å². The molecule has 0 saturated heterocycles. The van der Waals surface area contributed by atoms with Gasteiger partial charge in [0.15, 0.2) is 0 Å². The number of alkyl halides is 9. The van der Waals surface area contributed by atoms with Crippen LogP contribution >= 0.6 is 203 Å². The van der Waals surface area contributed by atoms with Crippen LogP contribution < -0.4 is 0 Å². The first-order chi connectivity index (χ1) is 8.24. The quantitative estimate of drug-likeness (QED) is 0.238. The standard InChI is InChI=1S/C9H3I9O/c10-7(11,12)4-1-3(19)2-5(8(13,14)15)6(4)9(16,17)18/h1-2,19H. The summed E-state index contributed by atoms with van der Waals surface area (Å²) in [6.07, 6.45) is 0. The molecule has 0 fully saturated rings. The number of phenolic OH excluding ortho intramolecular Hbond substituents is 1. The zero-order valence-corrected chi connectivity index (χ0v) is 27.9. The number of rotatable bonds is 3. The largest absolute Gasteiger partial charge is 0.508 e. The molecule has 108 valence electrons. The first kappa shape index (κ1) is 22.6. The van der Waals surface area contributed by atoms with Crippen molar-refractivity contribution in [3.8, 4) is 5.75 Å². The van der Waals surface area contributed by atoms with Gasteiger partial charge in [0.1, 0.15) is 4.06 Å². The van der Waals surface area contributed by atoms with E-state index in [1.165, 1.54) is 16.7 Å². The smallest absolute Gasteiger partial charge is 0.149 e. The highest BCUT2D eigenvalue weighted by Crippen LogP contribution is 2.60. The molecule has 0 aliphatic carbocycles. The summed E-state index contributed by atoms with van der Waals surface area (Å²) in [4.78, 5) is 0. The van der Waals surface area contributed by atoms with E-state index in [1.807, 2.05) is 12.1 Å². The molecule has 0 unspecified atom stereocenters. The van der Waals surface area contributed by atoms with E-state index in [0.717, 1.165) is 0 Å². The van der Waals surface area contributed by atoms with Crippen molar-refractivity contribution in [1.82, 2.24) is 0 Å². The van der Waals surface area contributed by atoms with Crippen LogP contribution in [0, 0.1) is 0 Å². The molecule has 0 aliphatic rings. The van der Waals surface area contributed by atoms with Crippen molar-refractivity contribution < 1.29 is 5.11 Å². The summed E-state index contributed by atoms with van der Waals surface area (Å²) in [5.74, 6) is 0.339. The molecule has 10 heteroatoms. The minimum absolute atomic E-state index is 0.0504. The van der Waals surface area contributed by atoms with E-state index in [0.29, 0.717) is 5.75 Å². The fourth-order valence-electron chi connectivity index (χ4n) is 1.38. The molecule has 0 aliphatic heterocycles. The average molecular weight is 1270 g/mol. The van der Waals surface area contributed by atoms with Gasteiger partial charge in [-0.3, -0.25) is 0 Å². The van der Waals surface area contributed by atoms with Gasteiger partial charge in [0.2, 0.25) is 0 Å². The molecular weight excluding hydrogens is 1270 g/mol. The second-order valence-electron chi connectivity index (χ2n) is 3.41. The third-order valence-electron chi connectivity index (χ3n) is 2.02. The molecule has 0 atom stereocenters. The SMILES string of the molecule is Oc1cc(C(I)(I)I)c(C(I)(I)I)c(C(I)(I)I)c1. The van der Waals surface area contributed by atoms with E-state index in [-0.39, 0.29) is -1.69 Å². The summed E-state index contributed by atoms with van der Waals surface area (Å²) in [6, 6.07) is 3.79. The Balaban J connectivity index is 3.80. The van der Waals surface area contributed by atoms with Gasteiger partial charge in [-0.2, -0.15) is 0 Å². The molecule has 1 aromatic carbocycles. The molecule has 0 heterocycles. The minimum atomic E-state index is -0.0853. The van der Waals surface area contributed by atoms with Crippen molar-refractivity contribution in [3.63, 3.8) is 0 Å². The van der Waals surface area contributed by atoms with Crippen molar-refractivity contribution in [2.75, 3.05) is 0 Å². The van der Waals surface area contributed by atoms with E-state index in [1.54, 1.807) is 0 Å². The number of benzene rings is 1. The second-order valence-corrected chi connectivity index (χ2v) is 36.5. The van der Waals surface area contributed by atoms with E-state index < -0.39 is 0 Å². The molecule has 1 rings (SSSR count). The van der Waals surface area contributed by atoms with Crippen molar-refractivity contribution in [1.29, 1.82) is 0 Å². The fourth-order valence-corrected chi connectivity index (χ4v) is 5.68. The molecule has 1 N–H and O–H groups in total. The second kappa shape index (κ2) is 8.52. The van der Waals surface area contributed by atoms with Crippen LogP contribution in [0.25, 0.3) is 0 Å². The lowest BCUT2D eigenvalue weighted by Crippen LogP contribution is -2.16. The summed E-state index contributed by atoms with van der Waals surface area (Å²) in [5.41, 5.74) is 3.65. The Bertz CT molecular complexity index is 445. The zero-order chi connectivity index (χ0) is 15.2. The van der Waals surface area contributed by atoms with Gasteiger partial charge in [-0.1, -0.05) is 0 Å². The molecule has 19 heavy (non-hydrogen) atoms. The maximum absolute atomic E-state index is 10.1. The maximum Gasteiger partial charge on any atom is 0.149 e. The van der Waals surface area contributed by atoms with Crippen LogP contribution in [0.1, 0.15) is 16.7 Å². The summed E-state index contributed by atoms with van der Waals surface area (Å²) in [5, 5.41) is 10.1. The highest BCUT2D eigenvalue weighted by molar-refractivity contribution is 14.3. The lowest BCUT2D eigenvalue weighted by atomic mass is 10.0. The van der Waals surface area contributed by atoms with Gasteiger partial charge in [-0.15, -0.1) is 0 Å². The normalized spacial score (nSPS) is 13.7. The van der Waals surface area contributed by atoms with Crippen LogP contribution in [0.2, 0.25) is 0 Å². The zero-order valence-electron chi connectivity index (χ0n) is 8.50. The molecule has 0 spiro atoms. The number of halogens is 9. The summed E-state index contributed by atoms with van der Waals surface area (Å²) in [6.45, 7) is 0. The van der Waals surface area contributed by atoms with Crippen LogP contribution in [-0.2, 0) is -1.69 Å². The van der Waals surface area contributed by atoms with Crippen LogP contribution in [-0.4, -0.2) is 5.11 Å². The maximum atomic E-state index is 10.1. The van der Waals surface area contributed by atoms with Gasteiger partial charge in [0.25, 0.3) is 0 Å². The molecule has 0 bridgehead atoms. The molecular formula is C9H3I9O. The van der Waals surface area contributed by atoms with E-state index >= 15 is 0 Å². The molecule has 0 saturated carbocycles. The Labute approximate surface area is 235 Å². The monoisotopic (exact) mass is 1270 g/mol. The number of hydrogen-bond acceptors (Lipinski definition) is 1. The Morgan fingerprint density at radius 1 is 0.632 bits per heavy atom. The summed E-state index contributed by atoms with van der Waals surface area (Å²) >= 11 is 21.9. The number of hydrogen-bond donors (Lipinski definition) is 1. The van der Waals surface area contributed by atoms with Crippen molar-refractivity contribution in [2.45, 2.75) is -1.69 Å². The first-order valence-electron chi connectivity index (χ1n) is 4.33. The third-order valence-corrected chi connectivity index (χ3v) is 7.12. The summed E-state index contributed by atoms with van der Waals surface area (Å²) in [7, 11) is 0. The van der Waals surface area contributed by atoms with Gasteiger partial charge < -0.3 is 5.11 Å². The fraction of sp³-hybridized carbons (Fsp3) is 0.333. The van der Waals surface area contributed by atoms with Crippen molar-refractivity contribution in [2.24, 2.45) is 0 Å². The predicted octanol–water partition coefficient (Wildman–Crippen LogP) is 8.64. The van der Waals surface area contributed by atoms with Gasteiger partial charge in [0.05, 0.1) is 0 Å². The van der Waals surface area contributed by atoms with Crippen LogP contribution in [0.3, 0.4) is 0 Å². The molecule has 1 aromatic rings. The Hall–Kier alpha value is 5.59. The number of phenols is 1. The van der Waals surface area contributed by atoms with Gasteiger partial charge >= 0.3 is 0 Å². The molecule has 0 amide bonds. The van der Waals surface area contributed by atoms with Crippen molar-refractivity contribution in [3.05, 3.63) is 28.8 Å². The lowest BCUT2D eigenvalue weighted by molar-refractivity contribution is 0.474. The van der Waals surface area contributed by atoms with E-state index in [2.05, 4.69) is 203 Å². The topological polar surface area (TPSA) is 20.2 Å². The van der Waals surface area contributed by atoms with E-state index in [4.69, 9.17) is 0 Å². The lowest BCUT2D eigenvalue weighted by Gasteiger charge is -2.29. The highest BCUT2D eigenvalue weighted by atomic mass is 127. The molecule has 1 nitrogen and oxygen atoms in total. The van der Waals surface area contributed by atoms with Gasteiger partial charge in [0, 0.05) is 5.56 Å². The minimum Gasteiger partial charge on any atom is -0.508 e. The van der Waals surface area contributed by atoms with Crippen LogP contribution in [0.4, 0.5) is 0 Å². The molecule has 0 radical (unpaired) electrons. The average Bonchev–Trinajstić information content (AvgIpc) is 2.11. The first-order valence-corrected chi connectivity index (χ1v) is 14.0. The highest BCUT2D eigenvalue weighted by Gasteiger charge is 2.39. The van der Waals surface area contributed by atoms with Gasteiger partial charge in [-0.05, 0) is 227 Å². The molecule has 0 aromatic heterocycles. The van der Waals surface area contributed by atoms with Crippen molar-refractivity contribution >= 4 is 203 Å². The Morgan fingerprint density at radius 3 is 1.16 bits per heavy atom. The third kappa shape index (κ3) is 7.02. The number of aromatic hydroxyl groups is 1. The summed E-state index contributed by atoms with van der Waals surface area (Å²) < 4.78 is -0.221.